The van der Waals surface area contributed by atoms with Crippen LogP contribution >= 0.6 is 0 Å². The maximum Gasteiger partial charge on any atom is 0.326 e. The molecule has 2 rings (SSSR count). The quantitative estimate of drug-likeness (QED) is 0.557. The van der Waals surface area contributed by atoms with E-state index in [1.54, 1.807) is 37.0 Å². The van der Waals surface area contributed by atoms with E-state index in [1.165, 1.54) is 12.1 Å². The van der Waals surface area contributed by atoms with Gasteiger partial charge in [-0.25, -0.2) is 4.98 Å². The van der Waals surface area contributed by atoms with Crippen molar-refractivity contribution in [3.8, 4) is 11.5 Å². The Morgan fingerprint density at radius 2 is 2.14 bits per heavy atom. The van der Waals surface area contributed by atoms with Crippen molar-refractivity contribution in [1.82, 2.24) is 9.55 Å². The van der Waals surface area contributed by atoms with Gasteiger partial charge < -0.3 is 25.3 Å². The van der Waals surface area contributed by atoms with Crippen molar-refractivity contribution >= 4 is 5.97 Å². The highest BCUT2D eigenvalue weighted by atomic mass is 16.5. The van der Waals surface area contributed by atoms with Gasteiger partial charge in [-0.3, -0.25) is 4.79 Å². The molecule has 22 heavy (non-hydrogen) atoms. The van der Waals surface area contributed by atoms with E-state index in [0.29, 0.717) is 11.4 Å². The number of aromatic nitrogens is 2. The van der Waals surface area contributed by atoms with Crippen molar-refractivity contribution in [2.45, 2.75) is 25.5 Å². The normalized spacial score (nSPS) is 13.6. The number of nitrogens with two attached hydrogens (primary N) is 1. The Morgan fingerprint density at radius 3 is 2.73 bits per heavy atom. The number of phenolic OH excluding ortho intramolecular Hbond substituents is 2. The summed E-state index contributed by atoms with van der Waals surface area (Å²) in [6.07, 6.45) is 3.54. The minimum atomic E-state index is -1.26. The number of carbonyl (C=O) groups is 1. The largest absolute Gasteiger partial charge is 0.504 e. The second-order valence-electron chi connectivity index (χ2n) is 5.45. The highest BCUT2D eigenvalue weighted by Crippen LogP contribution is 2.26. The van der Waals surface area contributed by atoms with E-state index in [2.05, 4.69) is 4.98 Å². The highest BCUT2D eigenvalue weighted by Gasteiger charge is 2.31. The van der Waals surface area contributed by atoms with Crippen LogP contribution in [0.15, 0.2) is 30.6 Å². The minimum Gasteiger partial charge on any atom is -0.504 e. The molecule has 0 fully saturated rings. The van der Waals surface area contributed by atoms with Crippen LogP contribution in [0.5, 0.6) is 11.5 Å². The highest BCUT2D eigenvalue weighted by molar-refractivity contribution is 5.80. The van der Waals surface area contributed by atoms with Crippen LogP contribution in [-0.4, -0.2) is 31.3 Å². The molecule has 2 aromatic rings. The molecule has 0 aliphatic rings. The molecule has 0 amide bonds. The van der Waals surface area contributed by atoms with E-state index in [1.807, 2.05) is 0 Å². The first-order chi connectivity index (χ1) is 10.3. The third kappa shape index (κ3) is 3.56. The Hall–Kier alpha value is -2.54. The number of carbonyl (C=O) groups excluding carboxylic acids is 1. The van der Waals surface area contributed by atoms with E-state index < -0.39 is 11.5 Å². The van der Waals surface area contributed by atoms with Gasteiger partial charge in [-0.2, -0.15) is 0 Å². The topological polar surface area (TPSA) is 111 Å². The summed E-state index contributed by atoms with van der Waals surface area (Å²) in [5.74, 6) is -0.427. The molecule has 0 radical (unpaired) electrons. The molecule has 4 N–H and O–H groups in total. The molecule has 7 nitrogen and oxygen atoms in total. The van der Waals surface area contributed by atoms with Crippen molar-refractivity contribution in [3.63, 3.8) is 0 Å². The smallest absolute Gasteiger partial charge is 0.326 e. The number of imidazole rings is 1. The number of hydrogen-bond donors (Lipinski definition) is 3. The summed E-state index contributed by atoms with van der Waals surface area (Å²) < 4.78 is 6.95. The number of nitrogens with zero attached hydrogens (tertiary/aromatic N) is 2. The molecule has 0 bridgehead atoms. The molecular formula is C15H19N3O4. The Balaban J connectivity index is 2.00. The van der Waals surface area contributed by atoms with Gasteiger partial charge in [-0.15, -0.1) is 0 Å². The van der Waals surface area contributed by atoms with Crippen molar-refractivity contribution in [2.75, 3.05) is 0 Å². The fourth-order valence-corrected chi connectivity index (χ4v) is 2.01. The lowest BCUT2D eigenvalue weighted by atomic mass is 9.94. The fraction of sp³-hybridized carbons (Fsp3) is 0.333. The molecule has 1 heterocycles. The average molecular weight is 305 g/mol. The van der Waals surface area contributed by atoms with Crippen LogP contribution in [0.2, 0.25) is 0 Å². The molecule has 0 saturated carbocycles. The Bertz CT molecular complexity index is 679. The van der Waals surface area contributed by atoms with Crippen LogP contribution in [-0.2, 0) is 29.6 Å². The number of phenols is 2. The molecular weight excluding hydrogens is 286 g/mol. The van der Waals surface area contributed by atoms with Crippen LogP contribution < -0.4 is 5.73 Å². The van der Waals surface area contributed by atoms with Crippen LogP contribution in [0.1, 0.15) is 18.3 Å². The number of esters is 1. The van der Waals surface area contributed by atoms with Gasteiger partial charge in [0, 0.05) is 25.9 Å². The molecule has 0 saturated heterocycles. The van der Waals surface area contributed by atoms with Gasteiger partial charge in [-0.1, -0.05) is 6.07 Å². The standard InChI is InChI=1S/C15H19N3O4/c1-15(16,8-10-3-4-11(19)12(20)7-10)14(21)22-9-13-17-5-6-18(13)2/h3-7,19-20H,8-9,16H2,1-2H3. The summed E-state index contributed by atoms with van der Waals surface area (Å²) in [5.41, 5.74) is 5.38. The van der Waals surface area contributed by atoms with E-state index in [4.69, 9.17) is 10.5 Å². The van der Waals surface area contributed by atoms with E-state index in [-0.39, 0.29) is 24.5 Å². The monoisotopic (exact) mass is 305 g/mol. The molecule has 118 valence electrons. The summed E-state index contributed by atoms with van der Waals surface area (Å²) in [5, 5.41) is 18.8. The average Bonchev–Trinajstić information content (AvgIpc) is 2.85. The van der Waals surface area contributed by atoms with Gasteiger partial charge in [0.2, 0.25) is 0 Å². The lowest BCUT2D eigenvalue weighted by molar-refractivity contribution is -0.151. The molecule has 1 aromatic heterocycles. The first kappa shape index (κ1) is 15.8. The van der Waals surface area contributed by atoms with E-state index >= 15 is 0 Å². The Kier molecular flexibility index (Phi) is 4.37. The van der Waals surface area contributed by atoms with Gasteiger partial charge in [0.25, 0.3) is 0 Å². The summed E-state index contributed by atoms with van der Waals surface area (Å²) in [6, 6.07) is 4.30. The molecule has 1 atom stereocenters. The Labute approximate surface area is 128 Å². The zero-order valence-corrected chi connectivity index (χ0v) is 12.5. The number of ether oxygens (including phenoxy) is 1. The molecule has 0 aliphatic carbocycles. The van der Waals surface area contributed by atoms with Gasteiger partial charge in [0.1, 0.15) is 18.0 Å². The number of rotatable bonds is 5. The summed E-state index contributed by atoms with van der Waals surface area (Å²) >= 11 is 0. The number of hydrogen-bond acceptors (Lipinski definition) is 6. The van der Waals surface area contributed by atoms with E-state index in [9.17, 15) is 15.0 Å². The van der Waals surface area contributed by atoms with Gasteiger partial charge in [0.15, 0.2) is 11.5 Å². The van der Waals surface area contributed by atoms with Crippen LogP contribution in [0.25, 0.3) is 0 Å². The van der Waals surface area contributed by atoms with Crippen LogP contribution in [0.3, 0.4) is 0 Å². The second kappa shape index (κ2) is 6.07. The van der Waals surface area contributed by atoms with Gasteiger partial charge in [0.05, 0.1) is 0 Å². The van der Waals surface area contributed by atoms with Gasteiger partial charge in [-0.05, 0) is 24.6 Å². The molecule has 0 aliphatic heterocycles. The molecule has 1 unspecified atom stereocenters. The van der Waals surface area contributed by atoms with Crippen LogP contribution in [0.4, 0.5) is 0 Å². The summed E-state index contributed by atoms with van der Waals surface area (Å²) in [6.45, 7) is 1.59. The number of aromatic hydroxyl groups is 2. The van der Waals surface area contributed by atoms with Crippen LogP contribution in [0, 0.1) is 0 Å². The lowest BCUT2D eigenvalue weighted by Gasteiger charge is -2.22. The van der Waals surface area contributed by atoms with Crippen molar-refractivity contribution in [1.29, 1.82) is 0 Å². The predicted molar refractivity (Wildman–Crippen MR) is 79.1 cm³/mol. The SMILES string of the molecule is Cn1ccnc1COC(=O)C(C)(N)Cc1ccc(O)c(O)c1. The number of benzene rings is 1. The maximum atomic E-state index is 12.1. The molecule has 0 spiro atoms. The lowest BCUT2D eigenvalue weighted by Crippen LogP contribution is -2.48. The first-order valence-electron chi connectivity index (χ1n) is 6.73. The Morgan fingerprint density at radius 1 is 1.41 bits per heavy atom. The first-order valence-corrected chi connectivity index (χ1v) is 6.73. The van der Waals surface area contributed by atoms with Crippen molar-refractivity contribution in [3.05, 3.63) is 42.0 Å². The summed E-state index contributed by atoms with van der Waals surface area (Å²) in [7, 11) is 1.80. The molecule has 1 aromatic carbocycles. The predicted octanol–water partition coefficient (Wildman–Crippen LogP) is 0.835. The number of aryl methyl sites for hydroxylation is 1. The van der Waals surface area contributed by atoms with Crippen molar-refractivity contribution in [2.24, 2.45) is 12.8 Å². The summed E-state index contributed by atoms with van der Waals surface area (Å²) in [4.78, 5) is 16.2. The maximum absolute atomic E-state index is 12.1. The second-order valence-corrected chi connectivity index (χ2v) is 5.45. The third-order valence-corrected chi connectivity index (χ3v) is 3.33. The van der Waals surface area contributed by atoms with Crippen molar-refractivity contribution < 1.29 is 19.7 Å². The molecule has 7 heteroatoms. The van der Waals surface area contributed by atoms with Gasteiger partial charge >= 0.3 is 5.97 Å². The van der Waals surface area contributed by atoms with E-state index in [0.717, 1.165) is 0 Å². The third-order valence-electron chi connectivity index (χ3n) is 3.33. The minimum absolute atomic E-state index is 0.0376. The fourth-order valence-electron chi connectivity index (χ4n) is 2.01. The zero-order valence-electron chi connectivity index (χ0n) is 12.5. The zero-order chi connectivity index (χ0) is 16.3.